The van der Waals surface area contributed by atoms with Crippen LogP contribution in [0.4, 0.5) is 4.79 Å². The Kier molecular flexibility index (Phi) is 26.2. The maximum atomic E-state index is 14.3. The summed E-state index contributed by atoms with van der Waals surface area (Å²) in [5.41, 5.74) is 1.12. The third kappa shape index (κ3) is 19.7. The normalized spacial score (nSPS) is 11.2. The van der Waals surface area contributed by atoms with E-state index in [2.05, 4.69) is 16.0 Å². The predicted molar refractivity (Wildman–Crippen MR) is 298 cm³/mol. The van der Waals surface area contributed by atoms with Gasteiger partial charge < -0.3 is 68.3 Å². The summed E-state index contributed by atoms with van der Waals surface area (Å²) in [6, 6.07) is 32.0. The van der Waals surface area contributed by atoms with Crippen LogP contribution in [-0.4, -0.2) is 133 Å². The molecule has 3 aromatic heterocycles. The number of carboxylic acid groups (broad SMARTS) is 2. The monoisotopic (exact) mass is 1110 g/mol. The van der Waals surface area contributed by atoms with E-state index in [0.29, 0.717) is 12.8 Å². The average Bonchev–Trinajstić information content (AvgIpc) is 3.47. The molecule has 3 amide bonds. The molecule has 0 aliphatic heterocycles. The standard InChI is InChI=1S/C57H69N7O12.CH2O3/c1-5-15-45(60-54(67)48-24-29-64(34-37-73-4)57(70)51(48)76-41-44-20-13-8-14-21-44)38-61(30-25-58-52(65)46-22-27-62(32-35-71-2)55(68)49(46)74-39-42-16-9-6-10-17-42)31-26-59-53(66)47-23-28-63(33-36-72-3)56(69)50(47)75-40-43-18-11-7-12-19-43;2-1(3)4/h6-14,16-24,27-29,45H,5,15,25-26,30-41H2,1-4H3,(H,58,65)(H,59,66)(H,60,67);(H2,2,3,4). The molecule has 0 bridgehead atoms. The van der Waals surface area contributed by atoms with Crippen LogP contribution in [0.2, 0.25) is 0 Å². The molecule has 0 saturated carbocycles. The van der Waals surface area contributed by atoms with Gasteiger partial charge in [0, 0.05) is 98.3 Å². The highest BCUT2D eigenvalue weighted by molar-refractivity contribution is 5.98. The summed E-state index contributed by atoms with van der Waals surface area (Å²) in [7, 11) is 4.60. The number of nitrogens with one attached hydrogen (secondary N) is 3. The molecule has 3 heterocycles. The van der Waals surface area contributed by atoms with Crippen LogP contribution in [-0.2, 0) is 53.7 Å². The Labute approximate surface area is 463 Å². The zero-order chi connectivity index (χ0) is 57.7. The Balaban J connectivity index is 0.00000284. The maximum Gasteiger partial charge on any atom is 0.503 e. The number of rotatable bonds is 32. The Bertz CT molecular complexity index is 2940. The number of ether oxygens (including phenoxy) is 6. The van der Waals surface area contributed by atoms with E-state index in [-0.39, 0.29) is 126 Å². The molecule has 6 aromatic rings. The largest absolute Gasteiger partial charge is 0.503 e. The quantitative estimate of drug-likeness (QED) is 0.0366. The molecule has 0 radical (unpaired) electrons. The number of benzene rings is 3. The van der Waals surface area contributed by atoms with Gasteiger partial charge in [0.25, 0.3) is 34.4 Å². The van der Waals surface area contributed by atoms with E-state index in [0.717, 1.165) is 16.7 Å². The first kappa shape index (κ1) is 62.3. The summed E-state index contributed by atoms with van der Waals surface area (Å²) < 4.78 is 38.1. The van der Waals surface area contributed by atoms with Gasteiger partial charge in [-0.3, -0.25) is 33.7 Å². The first-order chi connectivity index (χ1) is 38.8. The molecule has 3 aromatic carbocycles. The molecule has 0 aliphatic carbocycles. The van der Waals surface area contributed by atoms with Gasteiger partial charge in [0.2, 0.25) is 0 Å². The molecule has 22 heteroatoms. The lowest BCUT2D eigenvalue weighted by Gasteiger charge is -2.28. The number of methoxy groups -OCH3 is 3. The van der Waals surface area contributed by atoms with Crippen LogP contribution < -0.4 is 46.8 Å². The van der Waals surface area contributed by atoms with Crippen LogP contribution in [0.1, 0.15) is 67.5 Å². The second-order valence-electron chi connectivity index (χ2n) is 18.0. The van der Waals surface area contributed by atoms with E-state index < -0.39 is 46.6 Å². The highest BCUT2D eigenvalue weighted by Crippen LogP contribution is 2.19. The highest BCUT2D eigenvalue weighted by atomic mass is 16.6. The van der Waals surface area contributed by atoms with Gasteiger partial charge >= 0.3 is 6.16 Å². The van der Waals surface area contributed by atoms with Crippen LogP contribution in [0.15, 0.2) is 142 Å². The summed E-state index contributed by atoms with van der Waals surface area (Å²) in [6.45, 7) is 4.55. The van der Waals surface area contributed by atoms with Crippen molar-refractivity contribution >= 4 is 23.9 Å². The lowest BCUT2D eigenvalue weighted by molar-refractivity contribution is 0.0915. The van der Waals surface area contributed by atoms with Gasteiger partial charge in [0.05, 0.1) is 36.5 Å². The van der Waals surface area contributed by atoms with Crippen molar-refractivity contribution in [3.05, 3.63) is 192 Å². The van der Waals surface area contributed by atoms with Crippen LogP contribution >= 0.6 is 0 Å². The number of hydrogen-bond donors (Lipinski definition) is 5. The minimum Gasteiger partial charge on any atom is -0.482 e. The molecule has 0 fully saturated rings. The number of carbonyl (C=O) groups excluding carboxylic acids is 3. The number of carbonyl (C=O) groups is 4. The van der Waals surface area contributed by atoms with Gasteiger partial charge in [0.15, 0.2) is 17.2 Å². The second-order valence-corrected chi connectivity index (χ2v) is 18.0. The van der Waals surface area contributed by atoms with Crippen LogP contribution in [0.3, 0.4) is 0 Å². The van der Waals surface area contributed by atoms with Gasteiger partial charge in [-0.15, -0.1) is 0 Å². The van der Waals surface area contributed by atoms with Crippen molar-refractivity contribution in [2.24, 2.45) is 0 Å². The van der Waals surface area contributed by atoms with Gasteiger partial charge in [-0.25, -0.2) is 4.79 Å². The second kappa shape index (κ2) is 33.7. The predicted octanol–water partition coefficient (Wildman–Crippen LogP) is 5.13. The molecular formula is C58H71N7O15. The Hall–Kier alpha value is -8.57. The molecule has 22 nitrogen and oxygen atoms in total. The molecule has 1 atom stereocenters. The van der Waals surface area contributed by atoms with Crippen molar-refractivity contribution in [1.29, 1.82) is 0 Å². The number of pyridine rings is 3. The molecule has 80 heavy (non-hydrogen) atoms. The minimum absolute atomic E-state index is 0.0494. The SMILES string of the molecule is CCCC(CN(CCNC(=O)c1ccn(CCOC)c(=O)c1OCc1ccccc1)CCNC(=O)c1ccn(CCOC)c(=O)c1OCc1ccccc1)NC(=O)c1ccn(CCOC)c(=O)c1OCc1ccccc1.O=C(O)O. The van der Waals surface area contributed by atoms with E-state index >= 15 is 0 Å². The highest BCUT2D eigenvalue weighted by Gasteiger charge is 2.25. The Morgan fingerprint density at radius 2 is 0.838 bits per heavy atom. The number of amides is 3. The minimum atomic E-state index is -1.83. The first-order valence-electron chi connectivity index (χ1n) is 26.0. The molecule has 6 rings (SSSR count). The van der Waals surface area contributed by atoms with Gasteiger partial charge in [0.1, 0.15) is 19.8 Å². The van der Waals surface area contributed by atoms with E-state index in [4.69, 9.17) is 43.4 Å². The fourth-order valence-corrected chi connectivity index (χ4v) is 8.17. The van der Waals surface area contributed by atoms with Crippen molar-refractivity contribution < 1.29 is 57.8 Å². The molecular weight excluding hydrogens is 1030 g/mol. The van der Waals surface area contributed by atoms with Crippen molar-refractivity contribution in [2.75, 3.05) is 73.9 Å². The Morgan fingerprint density at radius 1 is 0.512 bits per heavy atom. The van der Waals surface area contributed by atoms with Crippen LogP contribution in [0, 0.1) is 0 Å². The van der Waals surface area contributed by atoms with E-state index in [1.807, 2.05) is 103 Å². The molecule has 0 spiro atoms. The average molecular weight is 1110 g/mol. The topological polar surface area (TPSA) is 269 Å². The summed E-state index contributed by atoms with van der Waals surface area (Å²) >= 11 is 0. The van der Waals surface area contributed by atoms with Crippen molar-refractivity contribution in [3.8, 4) is 17.2 Å². The summed E-state index contributed by atoms with van der Waals surface area (Å²) in [6.07, 6.45) is 3.95. The van der Waals surface area contributed by atoms with Crippen molar-refractivity contribution in [1.82, 2.24) is 34.6 Å². The zero-order valence-corrected chi connectivity index (χ0v) is 45.5. The summed E-state index contributed by atoms with van der Waals surface area (Å²) in [5, 5.41) is 23.0. The maximum absolute atomic E-state index is 14.3. The molecule has 5 N–H and O–H groups in total. The van der Waals surface area contributed by atoms with E-state index in [1.54, 1.807) is 6.07 Å². The third-order valence-electron chi connectivity index (χ3n) is 12.3. The number of aromatic nitrogens is 3. The summed E-state index contributed by atoms with van der Waals surface area (Å²) in [4.78, 5) is 94.1. The van der Waals surface area contributed by atoms with E-state index in [1.165, 1.54) is 65.8 Å². The fourth-order valence-electron chi connectivity index (χ4n) is 8.17. The van der Waals surface area contributed by atoms with Gasteiger partial charge in [-0.05, 0) is 41.3 Å². The first-order valence-corrected chi connectivity index (χ1v) is 26.0. The van der Waals surface area contributed by atoms with Crippen molar-refractivity contribution in [3.63, 3.8) is 0 Å². The van der Waals surface area contributed by atoms with E-state index in [9.17, 15) is 28.8 Å². The molecule has 428 valence electrons. The molecule has 0 saturated heterocycles. The number of hydrogen-bond acceptors (Lipinski definition) is 14. The van der Waals surface area contributed by atoms with Gasteiger partial charge in [-0.2, -0.15) is 0 Å². The molecule has 0 aliphatic rings. The van der Waals surface area contributed by atoms with Crippen LogP contribution in [0.25, 0.3) is 0 Å². The number of nitrogens with zero attached hydrogens (tertiary/aromatic N) is 4. The van der Waals surface area contributed by atoms with Crippen LogP contribution in [0.5, 0.6) is 17.2 Å². The Morgan fingerprint density at radius 3 is 1.15 bits per heavy atom. The summed E-state index contributed by atoms with van der Waals surface area (Å²) in [5.74, 6) is -1.93. The lowest BCUT2D eigenvalue weighted by atomic mass is 10.1. The fraction of sp³-hybridized carbons (Fsp3) is 0.362. The smallest absolute Gasteiger partial charge is 0.482 e. The van der Waals surface area contributed by atoms with Crippen molar-refractivity contribution in [2.45, 2.75) is 65.3 Å². The third-order valence-corrected chi connectivity index (χ3v) is 12.3. The zero-order valence-electron chi connectivity index (χ0n) is 45.5. The lowest BCUT2D eigenvalue weighted by Crippen LogP contribution is -2.48. The molecule has 1 unspecified atom stereocenters. The van der Waals surface area contributed by atoms with Gasteiger partial charge in [-0.1, -0.05) is 104 Å².